The van der Waals surface area contributed by atoms with Gasteiger partial charge in [-0.25, -0.2) is 4.98 Å². The van der Waals surface area contributed by atoms with E-state index in [9.17, 15) is 10.1 Å². The first kappa shape index (κ1) is 22.2. The number of halogens is 3. The van der Waals surface area contributed by atoms with Crippen molar-refractivity contribution in [1.82, 2.24) is 9.55 Å². The van der Waals surface area contributed by atoms with Crippen LogP contribution in [0.1, 0.15) is 11.8 Å². The van der Waals surface area contributed by atoms with Crippen molar-refractivity contribution >= 4 is 34.8 Å². The summed E-state index contributed by atoms with van der Waals surface area (Å²) in [5, 5.41) is 11.5. The molecule has 1 radical (unpaired) electrons. The van der Waals surface area contributed by atoms with Gasteiger partial charge in [-0.05, 0) is 35.9 Å². The van der Waals surface area contributed by atoms with Crippen LogP contribution in [0.25, 0.3) is 0 Å². The largest absolute Gasteiger partial charge is 0.490 e. The quantitative estimate of drug-likeness (QED) is 0.229. The highest BCUT2D eigenvalue weighted by Crippen LogP contribution is 2.32. The molecule has 3 aromatic rings. The zero-order valence-corrected chi connectivity index (χ0v) is 17.5. The maximum Gasteiger partial charge on any atom is 0.296 e. The molecule has 157 valence electrons. The number of nitrogens with zero attached hydrogens (tertiary/aromatic N) is 3. The van der Waals surface area contributed by atoms with Crippen LogP contribution in [0.3, 0.4) is 0 Å². The monoisotopic (exact) mass is 470 g/mol. The third kappa shape index (κ3) is 5.99. The number of benzene rings is 2. The molecular weight excluding hydrogens is 457 g/mol. The minimum atomic E-state index is -1.19. The Morgan fingerprint density at radius 3 is 2.47 bits per heavy atom. The van der Waals surface area contributed by atoms with Crippen molar-refractivity contribution in [3.63, 3.8) is 0 Å². The van der Waals surface area contributed by atoms with Gasteiger partial charge in [-0.3, -0.25) is 4.84 Å². The predicted octanol–water partition coefficient (Wildman–Crippen LogP) is 5.23. The molecule has 0 amide bonds. The normalized spacial score (nSPS) is 12.0. The molecule has 1 aromatic heterocycles. The van der Waals surface area contributed by atoms with Crippen molar-refractivity contribution in [2.24, 2.45) is 0 Å². The van der Waals surface area contributed by atoms with Gasteiger partial charge in [0.1, 0.15) is 12.4 Å². The molecule has 0 aliphatic rings. The van der Waals surface area contributed by atoms with Crippen LogP contribution in [0.5, 0.6) is 5.75 Å². The molecule has 8 nitrogen and oxygen atoms in total. The number of aromatic nitrogens is 2. The molecule has 0 aliphatic heterocycles. The molecule has 1 heterocycles. The summed E-state index contributed by atoms with van der Waals surface area (Å²) in [7, 11) is 0. The lowest BCUT2D eigenvalue weighted by atomic mass is 10.1. The van der Waals surface area contributed by atoms with Gasteiger partial charge < -0.3 is 14.0 Å². The van der Waals surface area contributed by atoms with Gasteiger partial charge in [-0.2, -0.15) is 0 Å². The van der Waals surface area contributed by atoms with Crippen LogP contribution in [-0.2, 0) is 9.57 Å². The van der Waals surface area contributed by atoms with Crippen molar-refractivity contribution in [2.75, 3.05) is 13.2 Å². The van der Waals surface area contributed by atoms with Crippen molar-refractivity contribution in [3.05, 3.63) is 98.0 Å². The van der Waals surface area contributed by atoms with Crippen LogP contribution in [-0.4, -0.2) is 27.9 Å². The lowest BCUT2D eigenvalue weighted by Crippen LogP contribution is -2.26. The molecular formula is C19H15Cl3N3O5. The van der Waals surface area contributed by atoms with Gasteiger partial charge in [0.2, 0.25) is 6.23 Å². The molecule has 1 atom stereocenters. The number of ether oxygens (including phenoxy) is 2. The van der Waals surface area contributed by atoms with Crippen molar-refractivity contribution in [1.29, 1.82) is 0 Å². The van der Waals surface area contributed by atoms with E-state index in [1.54, 1.807) is 42.5 Å². The number of hydrogen-bond donors (Lipinski definition) is 0. The highest BCUT2D eigenvalue weighted by Gasteiger charge is 2.30. The van der Waals surface area contributed by atoms with Crippen molar-refractivity contribution in [3.8, 4) is 5.75 Å². The van der Waals surface area contributed by atoms with Gasteiger partial charge in [0.25, 0.3) is 5.09 Å². The van der Waals surface area contributed by atoms with E-state index in [2.05, 4.69) is 4.98 Å². The SMILES string of the molecule is O=[N+]([O-])OC([C](OCCOc1ccc(Cl)cc1Cl)c1ccc(Cl)cc1)n1ccnc1. The van der Waals surface area contributed by atoms with E-state index in [1.165, 1.54) is 23.3 Å². The van der Waals surface area contributed by atoms with Gasteiger partial charge in [0.15, 0.2) is 6.10 Å². The van der Waals surface area contributed by atoms with Crippen molar-refractivity contribution < 1.29 is 19.4 Å². The lowest BCUT2D eigenvalue weighted by molar-refractivity contribution is -0.775. The molecule has 0 saturated heterocycles. The predicted molar refractivity (Wildman–Crippen MR) is 111 cm³/mol. The fraction of sp³-hybridized carbons (Fsp3) is 0.158. The van der Waals surface area contributed by atoms with E-state index in [1.807, 2.05) is 0 Å². The molecule has 0 bridgehead atoms. The molecule has 3 rings (SSSR count). The van der Waals surface area contributed by atoms with Crippen molar-refractivity contribution in [2.45, 2.75) is 6.23 Å². The van der Waals surface area contributed by atoms with Crippen LogP contribution in [0.2, 0.25) is 15.1 Å². The van der Waals surface area contributed by atoms with E-state index in [4.69, 9.17) is 49.1 Å². The summed E-state index contributed by atoms with van der Waals surface area (Å²) in [6, 6.07) is 11.5. The second kappa shape index (κ2) is 10.5. The average molecular weight is 472 g/mol. The Morgan fingerprint density at radius 1 is 1.10 bits per heavy atom. The summed E-state index contributed by atoms with van der Waals surface area (Å²) in [6.07, 6.45) is 3.38. The van der Waals surface area contributed by atoms with Gasteiger partial charge in [0, 0.05) is 22.4 Å². The highest BCUT2D eigenvalue weighted by molar-refractivity contribution is 6.35. The summed E-state index contributed by atoms with van der Waals surface area (Å²) < 4.78 is 12.9. The van der Waals surface area contributed by atoms with Gasteiger partial charge in [-0.1, -0.05) is 46.9 Å². The fourth-order valence-electron chi connectivity index (χ4n) is 2.53. The zero-order valence-electron chi connectivity index (χ0n) is 15.3. The minimum absolute atomic E-state index is 0.0587. The molecule has 0 fully saturated rings. The first-order valence-corrected chi connectivity index (χ1v) is 9.69. The maximum atomic E-state index is 11.1. The van der Waals surface area contributed by atoms with E-state index in [-0.39, 0.29) is 19.3 Å². The Kier molecular flexibility index (Phi) is 7.75. The third-order valence-electron chi connectivity index (χ3n) is 3.83. The summed E-state index contributed by atoms with van der Waals surface area (Å²) in [5.41, 5.74) is 0.546. The minimum Gasteiger partial charge on any atom is -0.490 e. The van der Waals surface area contributed by atoms with Gasteiger partial charge >= 0.3 is 0 Å². The Labute approximate surface area is 187 Å². The summed E-state index contributed by atoms with van der Waals surface area (Å²) >= 11 is 17.9. The Balaban J connectivity index is 1.75. The molecule has 30 heavy (non-hydrogen) atoms. The molecule has 0 spiro atoms. The highest BCUT2D eigenvalue weighted by atomic mass is 35.5. The van der Waals surface area contributed by atoms with Crippen LogP contribution >= 0.6 is 34.8 Å². The third-order valence-corrected chi connectivity index (χ3v) is 4.61. The van der Waals surface area contributed by atoms with Crippen LogP contribution in [0.4, 0.5) is 0 Å². The molecule has 2 aromatic carbocycles. The topological polar surface area (TPSA) is 88.7 Å². The lowest BCUT2D eigenvalue weighted by Gasteiger charge is -2.25. The fourth-order valence-corrected chi connectivity index (χ4v) is 3.12. The molecule has 0 N–H and O–H groups in total. The number of rotatable bonds is 10. The second-order valence-electron chi connectivity index (χ2n) is 5.83. The van der Waals surface area contributed by atoms with Gasteiger partial charge in [0.05, 0.1) is 18.0 Å². The number of imidazole rings is 1. The van der Waals surface area contributed by atoms with Gasteiger partial charge in [-0.15, -0.1) is 10.1 Å². The molecule has 1 unspecified atom stereocenters. The Bertz CT molecular complexity index is 970. The van der Waals surface area contributed by atoms with E-state index >= 15 is 0 Å². The summed E-state index contributed by atoms with van der Waals surface area (Å²) in [4.78, 5) is 19.9. The van der Waals surface area contributed by atoms with Crippen LogP contribution < -0.4 is 4.74 Å². The first-order chi connectivity index (χ1) is 14.4. The molecule has 11 heteroatoms. The molecule has 0 saturated carbocycles. The first-order valence-electron chi connectivity index (χ1n) is 8.56. The van der Waals surface area contributed by atoms with E-state index in [0.29, 0.717) is 26.4 Å². The van der Waals surface area contributed by atoms with E-state index < -0.39 is 11.3 Å². The Morgan fingerprint density at radius 2 is 1.83 bits per heavy atom. The second-order valence-corrected chi connectivity index (χ2v) is 7.11. The molecule has 0 aliphatic carbocycles. The zero-order chi connectivity index (χ0) is 21.5. The average Bonchev–Trinajstić information content (AvgIpc) is 3.23. The standard InChI is InChI=1S/C19H15Cl3N3O5/c20-14-3-1-13(2-4-14)18(19(30-25(26)27)24-8-7-23-12-24)29-10-9-28-17-6-5-15(21)11-16(17)22/h1-8,11-12,19H,9-10H2. The summed E-state index contributed by atoms with van der Waals surface area (Å²) in [6.45, 7) is 0.177. The maximum absolute atomic E-state index is 11.1. The number of hydrogen-bond acceptors (Lipinski definition) is 6. The smallest absolute Gasteiger partial charge is 0.296 e. The van der Waals surface area contributed by atoms with Crippen LogP contribution in [0.15, 0.2) is 61.2 Å². The van der Waals surface area contributed by atoms with E-state index in [0.717, 1.165) is 0 Å². The summed E-state index contributed by atoms with van der Waals surface area (Å²) in [5.74, 6) is 0.436. The van der Waals surface area contributed by atoms with Crippen LogP contribution in [0, 0.1) is 16.2 Å². The Hall–Kier alpha value is -2.52.